The molecule has 1 aromatic carbocycles. The van der Waals surface area contributed by atoms with Crippen molar-refractivity contribution in [3.63, 3.8) is 0 Å². The Morgan fingerprint density at radius 3 is 2.48 bits per heavy atom. The number of nitrogens with one attached hydrogen (secondary N) is 4. The van der Waals surface area contributed by atoms with Gasteiger partial charge in [-0.15, -0.1) is 0 Å². The smallest absolute Gasteiger partial charge is 0.319 e. The van der Waals surface area contributed by atoms with Gasteiger partial charge >= 0.3 is 6.03 Å². The molecule has 0 unspecified atom stereocenters. The highest BCUT2D eigenvalue weighted by Gasteiger charge is 2.05. The molecule has 132 valence electrons. The molecule has 1 heterocycles. The molecule has 4 N–H and O–H groups in total. The summed E-state index contributed by atoms with van der Waals surface area (Å²) >= 11 is 0. The summed E-state index contributed by atoms with van der Waals surface area (Å²) in [6.45, 7) is 1.21. The molecule has 3 amide bonds. The van der Waals surface area contributed by atoms with Crippen LogP contribution in [0.25, 0.3) is 0 Å². The highest BCUT2D eigenvalue weighted by atomic mass is 16.2. The normalized spacial score (nSPS) is 10.1. The van der Waals surface area contributed by atoms with Crippen LogP contribution in [0.15, 0.2) is 48.8 Å². The van der Waals surface area contributed by atoms with Crippen molar-refractivity contribution < 1.29 is 9.59 Å². The van der Waals surface area contributed by atoms with Crippen LogP contribution in [0, 0.1) is 0 Å². The summed E-state index contributed by atoms with van der Waals surface area (Å²) < 4.78 is 0. The standard InChI is InChI=1S/C18H23N5O2/c1-19-9-3-6-17(24)22-15-4-2-5-16(12-15)23-18(25)21-13-14-7-10-20-11-8-14/h2,4-5,7-8,10-12,19H,3,6,9,13H2,1H3,(H,22,24)(H2,21,23,25). The fourth-order valence-electron chi connectivity index (χ4n) is 2.18. The minimum absolute atomic E-state index is 0.0467. The first-order chi connectivity index (χ1) is 12.2. The van der Waals surface area contributed by atoms with Crippen molar-refractivity contribution in [3.8, 4) is 0 Å². The van der Waals surface area contributed by atoms with Gasteiger partial charge in [-0.05, 0) is 55.9 Å². The average Bonchev–Trinajstić information content (AvgIpc) is 2.61. The fraction of sp³-hybridized carbons (Fsp3) is 0.278. The van der Waals surface area contributed by atoms with E-state index in [9.17, 15) is 9.59 Å². The van der Waals surface area contributed by atoms with Crippen LogP contribution in [0.5, 0.6) is 0 Å². The van der Waals surface area contributed by atoms with E-state index in [-0.39, 0.29) is 11.9 Å². The molecular weight excluding hydrogens is 318 g/mol. The Kier molecular flexibility index (Phi) is 7.40. The van der Waals surface area contributed by atoms with E-state index in [1.807, 2.05) is 19.2 Å². The van der Waals surface area contributed by atoms with Gasteiger partial charge in [0.05, 0.1) is 0 Å². The quantitative estimate of drug-likeness (QED) is 0.554. The molecule has 7 nitrogen and oxygen atoms in total. The molecule has 0 aliphatic carbocycles. The highest BCUT2D eigenvalue weighted by molar-refractivity contribution is 5.93. The van der Waals surface area contributed by atoms with Crippen molar-refractivity contribution in [1.82, 2.24) is 15.6 Å². The molecule has 0 aliphatic heterocycles. The van der Waals surface area contributed by atoms with E-state index < -0.39 is 0 Å². The van der Waals surface area contributed by atoms with E-state index in [0.29, 0.717) is 24.3 Å². The number of amides is 3. The van der Waals surface area contributed by atoms with E-state index in [4.69, 9.17) is 0 Å². The zero-order valence-corrected chi connectivity index (χ0v) is 14.2. The maximum atomic E-state index is 12.0. The molecule has 2 rings (SSSR count). The summed E-state index contributed by atoms with van der Waals surface area (Å²) in [7, 11) is 1.85. The van der Waals surface area contributed by atoms with Crippen LogP contribution in [0.2, 0.25) is 0 Å². The van der Waals surface area contributed by atoms with Crippen molar-refractivity contribution in [1.29, 1.82) is 0 Å². The number of benzene rings is 1. The number of hydrogen-bond acceptors (Lipinski definition) is 4. The number of rotatable bonds is 8. The number of nitrogens with zero attached hydrogens (tertiary/aromatic N) is 1. The molecule has 0 atom stereocenters. The Hall–Kier alpha value is -2.93. The van der Waals surface area contributed by atoms with Crippen LogP contribution in [-0.2, 0) is 11.3 Å². The van der Waals surface area contributed by atoms with Crippen molar-refractivity contribution in [2.45, 2.75) is 19.4 Å². The van der Waals surface area contributed by atoms with Crippen molar-refractivity contribution >= 4 is 23.3 Å². The third-order valence-corrected chi connectivity index (χ3v) is 3.44. The third kappa shape index (κ3) is 7.01. The minimum atomic E-state index is -0.311. The molecule has 25 heavy (non-hydrogen) atoms. The maximum Gasteiger partial charge on any atom is 0.319 e. The minimum Gasteiger partial charge on any atom is -0.334 e. The van der Waals surface area contributed by atoms with Gasteiger partial charge in [0.25, 0.3) is 0 Å². The second kappa shape index (κ2) is 10.0. The van der Waals surface area contributed by atoms with Crippen molar-refractivity contribution in [2.24, 2.45) is 0 Å². The predicted molar refractivity (Wildman–Crippen MR) is 98.3 cm³/mol. The molecule has 0 radical (unpaired) electrons. The van der Waals surface area contributed by atoms with E-state index in [2.05, 4.69) is 26.3 Å². The Bertz CT molecular complexity index is 691. The Morgan fingerprint density at radius 2 is 1.76 bits per heavy atom. The van der Waals surface area contributed by atoms with E-state index in [1.54, 1.807) is 36.7 Å². The Balaban J connectivity index is 1.81. The van der Waals surface area contributed by atoms with Crippen molar-refractivity contribution in [3.05, 3.63) is 54.4 Å². The van der Waals surface area contributed by atoms with Gasteiger partial charge in [-0.1, -0.05) is 6.07 Å². The number of carbonyl (C=O) groups is 2. The van der Waals surface area contributed by atoms with Crippen molar-refractivity contribution in [2.75, 3.05) is 24.2 Å². The molecule has 7 heteroatoms. The van der Waals surface area contributed by atoms with Gasteiger partial charge < -0.3 is 21.3 Å². The van der Waals surface area contributed by atoms with Crippen LogP contribution < -0.4 is 21.3 Å². The summed E-state index contributed by atoms with van der Waals surface area (Å²) in [5.41, 5.74) is 2.23. The predicted octanol–water partition coefficient (Wildman–Crippen LogP) is 2.34. The molecule has 2 aromatic rings. The van der Waals surface area contributed by atoms with E-state index >= 15 is 0 Å². The van der Waals surface area contributed by atoms with Gasteiger partial charge in [-0.25, -0.2) is 4.79 Å². The zero-order chi connectivity index (χ0) is 17.9. The van der Waals surface area contributed by atoms with Gasteiger partial charge in [-0.3, -0.25) is 9.78 Å². The van der Waals surface area contributed by atoms with Crippen LogP contribution >= 0.6 is 0 Å². The molecular formula is C18H23N5O2. The van der Waals surface area contributed by atoms with Gasteiger partial charge in [-0.2, -0.15) is 0 Å². The highest BCUT2D eigenvalue weighted by Crippen LogP contribution is 2.15. The lowest BCUT2D eigenvalue weighted by Crippen LogP contribution is -2.28. The number of hydrogen-bond donors (Lipinski definition) is 4. The first-order valence-corrected chi connectivity index (χ1v) is 8.15. The second-order valence-corrected chi connectivity index (χ2v) is 5.50. The summed E-state index contributed by atoms with van der Waals surface area (Å²) in [6, 6.07) is 10.4. The first kappa shape index (κ1) is 18.4. The lowest BCUT2D eigenvalue weighted by molar-refractivity contribution is -0.116. The van der Waals surface area contributed by atoms with Crippen LogP contribution in [0.3, 0.4) is 0 Å². The molecule has 0 saturated carbocycles. The Morgan fingerprint density at radius 1 is 1.04 bits per heavy atom. The largest absolute Gasteiger partial charge is 0.334 e. The van der Waals surface area contributed by atoms with Crippen LogP contribution in [-0.4, -0.2) is 30.5 Å². The number of aromatic nitrogens is 1. The van der Waals surface area contributed by atoms with E-state index in [0.717, 1.165) is 18.5 Å². The van der Waals surface area contributed by atoms with Gasteiger partial charge in [0.2, 0.25) is 5.91 Å². The Labute approximate surface area is 147 Å². The summed E-state index contributed by atoms with van der Waals surface area (Å²) in [5.74, 6) is -0.0467. The molecule has 0 aliphatic rings. The second-order valence-electron chi connectivity index (χ2n) is 5.50. The topological polar surface area (TPSA) is 95.2 Å². The van der Waals surface area contributed by atoms with Crippen LogP contribution in [0.1, 0.15) is 18.4 Å². The zero-order valence-electron chi connectivity index (χ0n) is 14.2. The molecule has 0 fully saturated rings. The first-order valence-electron chi connectivity index (χ1n) is 8.15. The number of anilines is 2. The summed E-state index contributed by atoms with van der Waals surface area (Å²) in [5, 5.41) is 11.4. The average molecular weight is 341 g/mol. The van der Waals surface area contributed by atoms with E-state index in [1.165, 1.54) is 0 Å². The lowest BCUT2D eigenvalue weighted by atomic mass is 10.2. The molecule has 0 saturated heterocycles. The molecule has 0 bridgehead atoms. The number of urea groups is 1. The monoisotopic (exact) mass is 341 g/mol. The number of pyridine rings is 1. The SMILES string of the molecule is CNCCCC(=O)Nc1cccc(NC(=O)NCc2ccncc2)c1. The van der Waals surface area contributed by atoms with Crippen LogP contribution in [0.4, 0.5) is 16.2 Å². The third-order valence-electron chi connectivity index (χ3n) is 3.44. The van der Waals surface area contributed by atoms with Gasteiger partial charge in [0, 0.05) is 36.7 Å². The van der Waals surface area contributed by atoms with Gasteiger partial charge in [0.15, 0.2) is 0 Å². The molecule has 1 aromatic heterocycles. The lowest BCUT2D eigenvalue weighted by Gasteiger charge is -2.10. The number of carbonyl (C=O) groups excluding carboxylic acids is 2. The summed E-state index contributed by atoms with van der Waals surface area (Å²) in [4.78, 5) is 27.7. The maximum absolute atomic E-state index is 12.0. The molecule has 0 spiro atoms. The van der Waals surface area contributed by atoms with Gasteiger partial charge in [0.1, 0.15) is 0 Å². The summed E-state index contributed by atoms with van der Waals surface area (Å²) in [6.07, 6.45) is 4.58. The fourth-order valence-corrected chi connectivity index (χ4v) is 2.18.